The molecule has 6 nitrogen and oxygen atoms in total. The molecule has 1 saturated carbocycles. The van der Waals surface area contributed by atoms with Gasteiger partial charge in [0, 0.05) is 18.7 Å². The normalized spacial score (nSPS) is 16.7. The summed E-state index contributed by atoms with van der Waals surface area (Å²) in [5.74, 6) is 0.684. The summed E-state index contributed by atoms with van der Waals surface area (Å²) >= 11 is 1.33. The van der Waals surface area contributed by atoms with E-state index in [1.165, 1.54) is 24.6 Å². The first-order valence-electron chi connectivity index (χ1n) is 10.6. The Labute approximate surface area is 174 Å². The molecule has 0 aliphatic heterocycles. The van der Waals surface area contributed by atoms with E-state index in [4.69, 9.17) is 4.74 Å². The first-order valence-corrected chi connectivity index (χ1v) is 11.6. The van der Waals surface area contributed by atoms with Crippen LogP contribution >= 0.6 is 11.8 Å². The van der Waals surface area contributed by atoms with Crippen LogP contribution in [0.3, 0.4) is 0 Å². The quantitative estimate of drug-likeness (QED) is 0.427. The Morgan fingerprint density at radius 1 is 1.04 bits per heavy atom. The summed E-state index contributed by atoms with van der Waals surface area (Å²) in [6, 6.07) is -0.386. The van der Waals surface area contributed by atoms with E-state index in [0.717, 1.165) is 50.7 Å². The molecule has 2 N–H and O–H groups in total. The highest BCUT2D eigenvalue weighted by atomic mass is 32.2. The van der Waals surface area contributed by atoms with Crippen molar-refractivity contribution in [3.8, 4) is 0 Å². The van der Waals surface area contributed by atoms with Gasteiger partial charge in [-0.05, 0) is 46.5 Å². The molecular formula is C21H38N2O4S. The topological polar surface area (TPSA) is 84.5 Å². The van der Waals surface area contributed by atoms with Crippen molar-refractivity contribution >= 4 is 28.9 Å². The van der Waals surface area contributed by atoms with Gasteiger partial charge in [-0.2, -0.15) is 0 Å². The summed E-state index contributed by atoms with van der Waals surface area (Å²) in [6.07, 6.45) is 9.43. The number of amides is 2. The van der Waals surface area contributed by atoms with Crippen molar-refractivity contribution in [3.05, 3.63) is 0 Å². The molecule has 7 heteroatoms. The average Bonchev–Trinajstić information content (AvgIpc) is 2.83. The maximum Gasteiger partial charge on any atom is 0.408 e. The minimum absolute atomic E-state index is 0.115. The highest BCUT2D eigenvalue weighted by Gasteiger charge is 2.26. The van der Waals surface area contributed by atoms with Gasteiger partial charge in [0.1, 0.15) is 11.6 Å². The number of carbonyl (C=O) groups excluding carboxylic acids is 3. The number of thioether (sulfide) groups is 1. The van der Waals surface area contributed by atoms with E-state index < -0.39 is 17.7 Å². The first-order chi connectivity index (χ1) is 13.2. The number of carbonyl (C=O) groups is 3. The predicted molar refractivity (Wildman–Crippen MR) is 114 cm³/mol. The molecule has 0 heterocycles. The van der Waals surface area contributed by atoms with Gasteiger partial charge in [0.25, 0.3) is 0 Å². The van der Waals surface area contributed by atoms with Crippen LogP contribution in [0.15, 0.2) is 0 Å². The molecule has 1 rings (SSSR count). The zero-order valence-electron chi connectivity index (χ0n) is 18.0. The Hall–Kier alpha value is -1.24. The van der Waals surface area contributed by atoms with Crippen molar-refractivity contribution < 1.29 is 19.1 Å². The van der Waals surface area contributed by atoms with Gasteiger partial charge in [-0.1, -0.05) is 50.3 Å². The maximum atomic E-state index is 12.8. The molecular weight excluding hydrogens is 376 g/mol. The fraction of sp³-hybridized carbons (Fsp3) is 0.857. The zero-order valence-corrected chi connectivity index (χ0v) is 18.8. The summed E-state index contributed by atoms with van der Waals surface area (Å²) in [4.78, 5) is 36.0. The second-order valence-electron chi connectivity index (χ2n) is 8.59. The highest BCUT2D eigenvalue weighted by Crippen LogP contribution is 2.18. The highest BCUT2D eigenvalue weighted by molar-refractivity contribution is 8.13. The zero-order chi connectivity index (χ0) is 21.0. The third kappa shape index (κ3) is 12.3. The summed E-state index contributed by atoms with van der Waals surface area (Å²) in [6.45, 7) is 6.99. The predicted octanol–water partition coefficient (Wildman–Crippen LogP) is 4.56. The monoisotopic (exact) mass is 414 g/mol. The van der Waals surface area contributed by atoms with Crippen molar-refractivity contribution in [2.45, 2.75) is 110 Å². The molecule has 0 aromatic carbocycles. The Bertz CT molecular complexity index is 497. The van der Waals surface area contributed by atoms with Crippen LogP contribution in [0, 0.1) is 0 Å². The molecule has 28 heavy (non-hydrogen) atoms. The Morgan fingerprint density at radius 3 is 2.25 bits per heavy atom. The van der Waals surface area contributed by atoms with Crippen molar-refractivity contribution in [1.29, 1.82) is 0 Å². The molecule has 0 saturated heterocycles. The SMILES string of the molecule is CC(=O)SCCCCC[C@H](NC(=O)OC(C)(C)C)C(=O)NC1CCCCCC1. The number of rotatable bonds is 9. The van der Waals surface area contributed by atoms with Crippen LogP contribution in [0.4, 0.5) is 4.79 Å². The van der Waals surface area contributed by atoms with Gasteiger partial charge < -0.3 is 15.4 Å². The summed E-state index contributed by atoms with van der Waals surface area (Å²) in [5.41, 5.74) is -0.601. The molecule has 1 aliphatic rings. The van der Waals surface area contributed by atoms with Gasteiger partial charge >= 0.3 is 6.09 Å². The lowest BCUT2D eigenvalue weighted by Gasteiger charge is -2.25. The second kappa shape index (κ2) is 13.1. The number of hydrogen-bond acceptors (Lipinski definition) is 5. The Morgan fingerprint density at radius 2 is 1.68 bits per heavy atom. The molecule has 0 aromatic rings. The Kier molecular flexibility index (Phi) is 11.6. The lowest BCUT2D eigenvalue weighted by atomic mass is 10.1. The number of unbranched alkanes of at least 4 members (excludes halogenated alkanes) is 2. The summed E-state index contributed by atoms with van der Waals surface area (Å²) < 4.78 is 5.33. The third-order valence-corrected chi connectivity index (χ3v) is 5.55. The van der Waals surface area contributed by atoms with Crippen LogP contribution < -0.4 is 10.6 Å². The van der Waals surface area contributed by atoms with E-state index in [9.17, 15) is 14.4 Å². The van der Waals surface area contributed by atoms with Gasteiger partial charge in [0.2, 0.25) is 5.91 Å². The molecule has 0 bridgehead atoms. The second-order valence-corrected chi connectivity index (χ2v) is 9.86. The number of ether oxygens (including phenoxy) is 1. The molecule has 0 aromatic heterocycles. The largest absolute Gasteiger partial charge is 0.444 e. The van der Waals surface area contributed by atoms with Crippen LogP contribution in [0.2, 0.25) is 0 Å². The lowest BCUT2D eigenvalue weighted by Crippen LogP contribution is -2.50. The molecule has 0 radical (unpaired) electrons. The molecule has 1 atom stereocenters. The minimum atomic E-state index is -0.601. The number of nitrogens with one attached hydrogen (secondary N) is 2. The van der Waals surface area contributed by atoms with Crippen LogP contribution in [-0.4, -0.2) is 40.6 Å². The van der Waals surface area contributed by atoms with E-state index in [0.29, 0.717) is 6.42 Å². The van der Waals surface area contributed by atoms with Gasteiger partial charge in [-0.15, -0.1) is 0 Å². The van der Waals surface area contributed by atoms with Gasteiger partial charge in [0.15, 0.2) is 5.12 Å². The van der Waals surface area contributed by atoms with Crippen LogP contribution in [-0.2, 0) is 14.3 Å². The fourth-order valence-electron chi connectivity index (χ4n) is 3.29. The Balaban J connectivity index is 2.53. The minimum Gasteiger partial charge on any atom is -0.444 e. The van der Waals surface area contributed by atoms with E-state index in [2.05, 4.69) is 10.6 Å². The summed E-state index contributed by atoms with van der Waals surface area (Å²) in [7, 11) is 0. The molecule has 2 amide bonds. The van der Waals surface area contributed by atoms with E-state index in [1.54, 1.807) is 27.7 Å². The number of alkyl carbamates (subject to hydrolysis) is 1. The number of hydrogen-bond donors (Lipinski definition) is 2. The van der Waals surface area contributed by atoms with Crippen LogP contribution in [0.25, 0.3) is 0 Å². The van der Waals surface area contributed by atoms with Gasteiger partial charge in [0.05, 0.1) is 0 Å². The lowest BCUT2D eigenvalue weighted by molar-refractivity contribution is -0.124. The van der Waals surface area contributed by atoms with Crippen LogP contribution in [0.5, 0.6) is 0 Å². The van der Waals surface area contributed by atoms with Crippen molar-refractivity contribution in [1.82, 2.24) is 10.6 Å². The standard InChI is InChI=1S/C21H38N2O4S/c1-16(24)28-15-11-7-10-14-18(23-20(26)27-21(2,3)4)19(25)22-17-12-8-5-6-9-13-17/h17-18H,5-15H2,1-4H3,(H,22,25)(H,23,26)/t18-/m0/s1. The van der Waals surface area contributed by atoms with Crippen molar-refractivity contribution in [2.24, 2.45) is 0 Å². The van der Waals surface area contributed by atoms with Crippen LogP contribution in [0.1, 0.15) is 91.9 Å². The average molecular weight is 415 g/mol. The van der Waals surface area contributed by atoms with E-state index in [-0.39, 0.29) is 17.1 Å². The third-order valence-electron chi connectivity index (χ3n) is 4.65. The molecule has 1 fully saturated rings. The van der Waals surface area contributed by atoms with Crippen molar-refractivity contribution in [2.75, 3.05) is 5.75 Å². The summed E-state index contributed by atoms with van der Waals surface area (Å²) in [5, 5.41) is 6.02. The van der Waals surface area contributed by atoms with Gasteiger partial charge in [-0.3, -0.25) is 9.59 Å². The maximum absolute atomic E-state index is 12.8. The van der Waals surface area contributed by atoms with E-state index >= 15 is 0 Å². The first kappa shape index (κ1) is 24.8. The van der Waals surface area contributed by atoms with Gasteiger partial charge in [-0.25, -0.2) is 4.79 Å². The van der Waals surface area contributed by atoms with E-state index in [1.807, 2.05) is 0 Å². The van der Waals surface area contributed by atoms with Crippen molar-refractivity contribution in [3.63, 3.8) is 0 Å². The fourth-order valence-corrected chi connectivity index (χ4v) is 3.92. The molecule has 1 aliphatic carbocycles. The smallest absolute Gasteiger partial charge is 0.408 e. The molecule has 0 unspecified atom stereocenters. The molecule has 0 spiro atoms. The molecule has 162 valence electrons.